The molecular weight excluding hydrogens is 326 g/mol. The van der Waals surface area contributed by atoms with Gasteiger partial charge in [0.15, 0.2) is 5.56 Å². The van der Waals surface area contributed by atoms with E-state index in [1.807, 2.05) is 20.8 Å². The van der Waals surface area contributed by atoms with Gasteiger partial charge in [0.05, 0.1) is 6.21 Å². The fourth-order valence-electron chi connectivity index (χ4n) is 2.61. The van der Waals surface area contributed by atoms with E-state index in [4.69, 9.17) is 5.21 Å². The number of aromatic hydroxyl groups is 1. The third-order valence-electron chi connectivity index (χ3n) is 3.83. The summed E-state index contributed by atoms with van der Waals surface area (Å²) in [6, 6.07) is 1.56. The summed E-state index contributed by atoms with van der Waals surface area (Å²) in [5.74, 6) is -1.14. The zero-order valence-electron chi connectivity index (χ0n) is 14.4. The van der Waals surface area contributed by atoms with Crippen molar-refractivity contribution in [3.05, 3.63) is 27.7 Å². The van der Waals surface area contributed by atoms with Crippen molar-refractivity contribution in [2.45, 2.75) is 46.2 Å². The third-order valence-corrected chi connectivity index (χ3v) is 3.83. The summed E-state index contributed by atoms with van der Waals surface area (Å²) < 4.78 is 2.52. The van der Waals surface area contributed by atoms with Gasteiger partial charge in [-0.3, -0.25) is 14.2 Å². The molecule has 25 heavy (non-hydrogen) atoms. The van der Waals surface area contributed by atoms with Gasteiger partial charge in [0.1, 0.15) is 11.3 Å². The van der Waals surface area contributed by atoms with Crippen molar-refractivity contribution in [1.82, 2.24) is 19.5 Å². The van der Waals surface area contributed by atoms with E-state index in [0.29, 0.717) is 12.2 Å². The lowest BCUT2D eigenvalue weighted by Gasteiger charge is -2.21. The summed E-state index contributed by atoms with van der Waals surface area (Å²) in [5, 5.41) is 28.9. The van der Waals surface area contributed by atoms with E-state index >= 15 is 0 Å². The highest BCUT2D eigenvalue weighted by Crippen LogP contribution is 2.23. The zero-order chi connectivity index (χ0) is 18.4. The molecule has 0 atom stereocenters. The molecule has 0 aliphatic heterocycles. The van der Waals surface area contributed by atoms with Gasteiger partial charge in [-0.15, -0.1) is 0 Å². The number of oxime groups is 1. The van der Waals surface area contributed by atoms with Gasteiger partial charge in [-0.25, -0.2) is 0 Å². The first-order valence-electron chi connectivity index (χ1n) is 8.05. The lowest BCUT2D eigenvalue weighted by atomic mass is 9.97. The predicted octanol–water partition coefficient (Wildman–Crippen LogP) is 0.948. The molecule has 1 aliphatic carbocycles. The van der Waals surface area contributed by atoms with Crippen LogP contribution in [0.3, 0.4) is 0 Å². The van der Waals surface area contributed by atoms with Crippen LogP contribution in [0.25, 0.3) is 5.65 Å². The number of hydrogen-bond donors (Lipinski definition) is 3. The quantitative estimate of drug-likeness (QED) is 0.432. The highest BCUT2D eigenvalue weighted by Gasteiger charge is 2.30. The molecule has 2 aromatic heterocycles. The molecule has 1 amide bonds. The molecule has 1 aliphatic rings. The molecule has 134 valence electrons. The van der Waals surface area contributed by atoms with Crippen LogP contribution in [0.5, 0.6) is 5.88 Å². The number of hydrogen-bond acceptors (Lipinski definition) is 6. The van der Waals surface area contributed by atoms with Crippen LogP contribution in [0.2, 0.25) is 0 Å². The number of carbonyl (C=O) groups is 1. The van der Waals surface area contributed by atoms with Gasteiger partial charge >= 0.3 is 0 Å². The van der Waals surface area contributed by atoms with Crippen LogP contribution in [0.1, 0.15) is 49.7 Å². The van der Waals surface area contributed by atoms with Crippen molar-refractivity contribution in [3.63, 3.8) is 0 Å². The van der Waals surface area contributed by atoms with Crippen molar-refractivity contribution in [1.29, 1.82) is 0 Å². The molecule has 0 saturated heterocycles. The fraction of sp³-hybridized carbons (Fsp3) is 0.500. The lowest BCUT2D eigenvalue weighted by molar-refractivity contribution is 0.0944. The van der Waals surface area contributed by atoms with Gasteiger partial charge in [-0.2, -0.15) is 9.61 Å². The van der Waals surface area contributed by atoms with Gasteiger partial charge in [0.25, 0.3) is 11.5 Å². The molecule has 3 rings (SSSR count). The number of nitrogens with one attached hydrogen (secondary N) is 1. The van der Waals surface area contributed by atoms with Gasteiger partial charge in [-0.05, 0) is 18.3 Å². The van der Waals surface area contributed by atoms with Gasteiger partial charge in [0.2, 0.25) is 5.88 Å². The Balaban J connectivity index is 2.24. The van der Waals surface area contributed by atoms with Crippen LogP contribution in [0, 0.1) is 5.41 Å². The molecule has 0 spiro atoms. The number of aromatic nitrogens is 3. The molecule has 0 unspecified atom stereocenters. The van der Waals surface area contributed by atoms with Crippen molar-refractivity contribution in [2.24, 2.45) is 10.6 Å². The van der Waals surface area contributed by atoms with Crippen molar-refractivity contribution in [3.8, 4) is 5.88 Å². The zero-order valence-corrected chi connectivity index (χ0v) is 14.4. The smallest absolute Gasteiger partial charge is 0.270 e. The van der Waals surface area contributed by atoms with Crippen LogP contribution >= 0.6 is 0 Å². The Bertz CT molecular complexity index is 915. The molecule has 2 heterocycles. The fourth-order valence-corrected chi connectivity index (χ4v) is 2.61. The minimum absolute atomic E-state index is 0.0489. The Morgan fingerprint density at radius 3 is 2.72 bits per heavy atom. The SMILES string of the molecule is CC(C)(C)Cn1c(=O)c(C(=O)NC2CC2)c(O)n2nc(/C=N/O)cc12. The first-order valence-corrected chi connectivity index (χ1v) is 8.05. The Labute approximate surface area is 143 Å². The van der Waals surface area contributed by atoms with Crippen molar-refractivity contribution < 1.29 is 15.1 Å². The predicted molar refractivity (Wildman–Crippen MR) is 90.4 cm³/mol. The second kappa shape index (κ2) is 5.91. The number of rotatable bonds is 4. The Morgan fingerprint density at radius 1 is 1.48 bits per heavy atom. The molecule has 9 heteroatoms. The van der Waals surface area contributed by atoms with E-state index in [2.05, 4.69) is 15.6 Å². The van der Waals surface area contributed by atoms with E-state index in [0.717, 1.165) is 23.6 Å². The van der Waals surface area contributed by atoms with Crippen LogP contribution in [-0.4, -0.2) is 42.7 Å². The molecule has 1 saturated carbocycles. The van der Waals surface area contributed by atoms with Crippen molar-refractivity contribution in [2.75, 3.05) is 0 Å². The van der Waals surface area contributed by atoms with Crippen LogP contribution in [0.4, 0.5) is 0 Å². The second-order valence-electron chi connectivity index (χ2n) is 7.48. The summed E-state index contributed by atoms with van der Waals surface area (Å²) in [4.78, 5) is 25.3. The van der Waals surface area contributed by atoms with E-state index in [1.165, 1.54) is 10.6 Å². The molecule has 0 radical (unpaired) electrons. The molecular formula is C16H21N5O4. The summed E-state index contributed by atoms with van der Waals surface area (Å²) in [6.45, 7) is 6.19. The Kier molecular flexibility index (Phi) is 4.02. The Morgan fingerprint density at radius 2 is 2.16 bits per heavy atom. The van der Waals surface area contributed by atoms with Gasteiger partial charge in [-0.1, -0.05) is 25.9 Å². The van der Waals surface area contributed by atoms with Crippen LogP contribution in [-0.2, 0) is 6.54 Å². The molecule has 9 nitrogen and oxygen atoms in total. The van der Waals surface area contributed by atoms with E-state index in [-0.39, 0.29) is 22.7 Å². The molecule has 1 fully saturated rings. The number of fused-ring (bicyclic) bond motifs is 1. The van der Waals surface area contributed by atoms with Gasteiger partial charge < -0.3 is 15.6 Å². The topological polar surface area (TPSA) is 121 Å². The maximum atomic E-state index is 12.9. The normalized spacial score (nSPS) is 15.2. The number of carbonyl (C=O) groups excluding carboxylic acids is 1. The van der Waals surface area contributed by atoms with Crippen LogP contribution < -0.4 is 10.9 Å². The Hall–Kier alpha value is -2.84. The summed E-state index contributed by atoms with van der Waals surface area (Å²) >= 11 is 0. The number of amides is 1. The third kappa shape index (κ3) is 3.35. The van der Waals surface area contributed by atoms with E-state index < -0.39 is 17.3 Å². The maximum absolute atomic E-state index is 12.9. The minimum Gasteiger partial charge on any atom is -0.492 e. The average molecular weight is 347 g/mol. The molecule has 2 aromatic rings. The average Bonchev–Trinajstić information content (AvgIpc) is 3.20. The lowest BCUT2D eigenvalue weighted by Crippen LogP contribution is -2.37. The number of nitrogens with zero attached hydrogens (tertiary/aromatic N) is 4. The van der Waals surface area contributed by atoms with E-state index in [9.17, 15) is 14.7 Å². The van der Waals surface area contributed by atoms with Crippen LogP contribution in [0.15, 0.2) is 16.0 Å². The van der Waals surface area contributed by atoms with Crippen molar-refractivity contribution >= 4 is 17.8 Å². The minimum atomic E-state index is -0.609. The first kappa shape index (κ1) is 17.0. The summed E-state index contributed by atoms with van der Waals surface area (Å²) in [5.41, 5.74) is -0.597. The summed E-state index contributed by atoms with van der Waals surface area (Å²) in [7, 11) is 0. The standard InChI is InChI=1S/C16H21N5O4/c1-16(2,3)8-20-11-6-10(7-17-25)19-21(11)15(24)12(14(20)23)13(22)18-9-4-5-9/h6-7,9,24-25H,4-5,8H2,1-3H3,(H,18,22)/b17-7+. The maximum Gasteiger partial charge on any atom is 0.270 e. The van der Waals surface area contributed by atoms with Gasteiger partial charge in [0, 0.05) is 18.7 Å². The molecule has 0 aromatic carbocycles. The highest BCUT2D eigenvalue weighted by molar-refractivity contribution is 5.96. The monoisotopic (exact) mass is 347 g/mol. The summed E-state index contributed by atoms with van der Waals surface area (Å²) in [6.07, 6.45) is 2.82. The highest BCUT2D eigenvalue weighted by atomic mass is 16.4. The second-order valence-corrected chi connectivity index (χ2v) is 7.48. The first-order chi connectivity index (χ1) is 11.7. The molecule has 0 bridgehead atoms. The largest absolute Gasteiger partial charge is 0.492 e. The molecule has 3 N–H and O–H groups in total. The van der Waals surface area contributed by atoms with E-state index in [1.54, 1.807) is 0 Å².